The van der Waals surface area contributed by atoms with E-state index in [0.717, 1.165) is 42.9 Å². The molecule has 212 valence electrons. The Bertz CT molecular complexity index is 1450. The molecule has 40 heavy (non-hydrogen) atoms. The van der Waals surface area contributed by atoms with E-state index in [9.17, 15) is 17.6 Å². The lowest BCUT2D eigenvalue weighted by Crippen LogP contribution is -2.32. The van der Waals surface area contributed by atoms with Gasteiger partial charge in [0, 0.05) is 28.7 Å². The van der Waals surface area contributed by atoms with E-state index in [2.05, 4.69) is 47.8 Å². The first-order valence-electron chi connectivity index (χ1n) is 11.4. The lowest BCUT2D eigenvalue weighted by Gasteiger charge is -2.12. The minimum absolute atomic E-state index is 0.317. The van der Waals surface area contributed by atoms with Gasteiger partial charge >= 0.3 is 7.12 Å². The highest BCUT2D eigenvalue weighted by atomic mass is 79.9. The number of hydrogen-bond acceptors (Lipinski definition) is 4. The van der Waals surface area contributed by atoms with Crippen LogP contribution in [0.5, 0.6) is 11.5 Å². The van der Waals surface area contributed by atoms with Crippen molar-refractivity contribution < 1.29 is 37.1 Å². The molecule has 12 heteroatoms. The molecule has 0 spiro atoms. The van der Waals surface area contributed by atoms with Crippen molar-refractivity contribution in [2.45, 2.75) is 13.8 Å². The molecule has 0 aliphatic heterocycles. The number of aryl methyl sites for hydroxylation is 2. The van der Waals surface area contributed by atoms with Gasteiger partial charge in [-0.1, -0.05) is 6.07 Å². The highest BCUT2D eigenvalue weighted by Crippen LogP contribution is 2.38. The molecule has 4 nitrogen and oxygen atoms in total. The van der Waals surface area contributed by atoms with Crippen LogP contribution in [-0.4, -0.2) is 31.4 Å². The summed E-state index contributed by atoms with van der Waals surface area (Å²) >= 11 is 10.2. The van der Waals surface area contributed by atoms with E-state index in [-0.39, 0.29) is 5.46 Å². The van der Waals surface area contributed by atoms with Crippen LogP contribution in [-0.2, 0) is 0 Å². The van der Waals surface area contributed by atoms with Crippen LogP contribution in [0.4, 0.5) is 17.6 Å². The van der Waals surface area contributed by atoms with E-state index in [1.807, 2.05) is 32.0 Å². The predicted octanol–water partition coefficient (Wildman–Crippen LogP) is 7.88. The van der Waals surface area contributed by atoms with Gasteiger partial charge in [0.1, 0.15) is 34.8 Å². The Kier molecular flexibility index (Phi) is 13.2. The Balaban J connectivity index is 0.000000222. The summed E-state index contributed by atoms with van der Waals surface area (Å²) in [4.78, 5) is 0. The first kappa shape index (κ1) is 33.8. The Labute approximate surface area is 255 Å². The summed E-state index contributed by atoms with van der Waals surface area (Å²) in [6.45, 7) is 3.93. The van der Waals surface area contributed by atoms with E-state index in [0.29, 0.717) is 22.9 Å². The highest BCUT2D eigenvalue weighted by molar-refractivity contribution is 9.11. The SMILES string of the molecule is COc1c(Br)cc(C)cc1-c1ccc(F)cc1F.COc1c(Br)cc(C)cc1Br.OB(O)c1ccc(F)cc1F. The second kappa shape index (κ2) is 15.6. The van der Waals surface area contributed by atoms with Gasteiger partial charge in [0.25, 0.3) is 0 Å². The zero-order chi connectivity index (χ0) is 30.1. The van der Waals surface area contributed by atoms with Crippen LogP contribution in [0, 0.1) is 37.1 Å². The molecule has 4 aromatic rings. The summed E-state index contributed by atoms with van der Waals surface area (Å²) < 4.78 is 64.6. The van der Waals surface area contributed by atoms with Crippen LogP contribution in [0.25, 0.3) is 11.1 Å². The molecule has 0 aromatic heterocycles. The fourth-order valence-corrected chi connectivity index (χ4v) is 5.91. The molecule has 0 aliphatic carbocycles. The number of ether oxygens (including phenoxy) is 2. The zero-order valence-electron chi connectivity index (χ0n) is 21.7. The first-order chi connectivity index (χ1) is 18.8. The largest absolute Gasteiger partial charge is 0.495 e. The fraction of sp³-hybridized carbons (Fsp3) is 0.143. The van der Waals surface area contributed by atoms with Crippen LogP contribution < -0.4 is 14.9 Å². The van der Waals surface area contributed by atoms with E-state index in [1.165, 1.54) is 24.8 Å². The Morgan fingerprint density at radius 1 is 0.600 bits per heavy atom. The van der Waals surface area contributed by atoms with Crippen molar-refractivity contribution in [2.75, 3.05) is 14.2 Å². The summed E-state index contributed by atoms with van der Waals surface area (Å²) in [5.74, 6) is -1.53. The molecule has 2 N–H and O–H groups in total. The molecule has 0 heterocycles. The van der Waals surface area contributed by atoms with Crippen LogP contribution >= 0.6 is 47.8 Å². The second-order valence-corrected chi connectivity index (χ2v) is 10.8. The topological polar surface area (TPSA) is 58.9 Å². The molecule has 4 aromatic carbocycles. The predicted molar refractivity (Wildman–Crippen MR) is 160 cm³/mol. The molecule has 0 saturated carbocycles. The van der Waals surface area contributed by atoms with Gasteiger partial charge in [0.05, 0.1) is 27.6 Å². The normalized spacial score (nSPS) is 10.1. The maximum absolute atomic E-state index is 13.8. The van der Waals surface area contributed by atoms with E-state index in [1.54, 1.807) is 13.2 Å². The van der Waals surface area contributed by atoms with Crippen molar-refractivity contribution >= 4 is 60.4 Å². The van der Waals surface area contributed by atoms with Crippen molar-refractivity contribution in [3.8, 4) is 22.6 Å². The number of methoxy groups -OCH3 is 2. The standard InChI is InChI=1S/C14H11BrF2O.C8H8Br2O.C6H5BF2O2/c1-8-5-11(14(18-2)12(15)6-8)10-4-3-9(16)7-13(10)17;1-5-3-6(9)8(11-2)7(10)4-5;8-4-1-2-5(7(10)11)6(9)3-4/h3-7H,1-2H3;3-4H,1-2H3;1-3,10-11H. The van der Waals surface area contributed by atoms with Gasteiger partial charge in [-0.3, -0.25) is 0 Å². The van der Waals surface area contributed by atoms with Crippen molar-refractivity contribution in [1.29, 1.82) is 0 Å². The van der Waals surface area contributed by atoms with Crippen molar-refractivity contribution in [1.82, 2.24) is 0 Å². The van der Waals surface area contributed by atoms with Crippen molar-refractivity contribution in [2.24, 2.45) is 0 Å². The Morgan fingerprint density at radius 3 is 1.50 bits per heavy atom. The maximum atomic E-state index is 13.8. The highest BCUT2D eigenvalue weighted by Gasteiger charge is 2.16. The molecule has 0 aliphatic rings. The third kappa shape index (κ3) is 9.34. The van der Waals surface area contributed by atoms with Crippen molar-refractivity contribution in [3.63, 3.8) is 0 Å². The maximum Gasteiger partial charge on any atom is 0.491 e. The monoisotopic (exact) mass is 748 g/mol. The molecule has 0 amide bonds. The lowest BCUT2D eigenvalue weighted by molar-refractivity contribution is 0.409. The minimum Gasteiger partial charge on any atom is -0.495 e. The third-order valence-corrected chi connectivity index (χ3v) is 6.97. The van der Waals surface area contributed by atoms with Gasteiger partial charge in [-0.2, -0.15) is 0 Å². The van der Waals surface area contributed by atoms with Gasteiger partial charge in [0.15, 0.2) is 0 Å². The smallest absolute Gasteiger partial charge is 0.491 e. The summed E-state index contributed by atoms with van der Waals surface area (Å²) in [5.41, 5.74) is 2.75. The first-order valence-corrected chi connectivity index (χ1v) is 13.8. The molecule has 0 unspecified atom stereocenters. The number of rotatable bonds is 4. The summed E-state index contributed by atoms with van der Waals surface area (Å²) in [6, 6.07) is 13.8. The van der Waals surface area contributed by atoms with Crippen LogP contribution in [0.2, 0.25) is 0 Å². The van der Waals surface area contributed by atoms with Crippen LogP contribution in [0.1, 0.15) is 11.1 Å². The minimum atomic E-state index is -1.89. The quantitative estimate of drug-likeness (QED) is 0.165. The Hall–Kier alpha value is -2.38. The molecule has 0 fully saturated rings. The van der Waals surface area contributed by atoms with Crippen LogP contribution in [0.15, 0.2) is 74.1 Å². The third-order valence-electron chi connectivity index (χ3n) is 5.20. The fourth-order valence-electron chi connectivity index (χ4n) is 3.44. The second-order valence-electron chi connectivity index (χ2n) is 8.25. The number of benzene rings is 4. The molecule has 4 rings (SSSR count). The van der Waals surface area contributed by atoms with E-state index < -0.39 is 30.4 Å². The van der Waals surface area contributed by atoms with Crippen LogP contribution in [0.3, 0.4) is 0 Å². The van der Waals surface area contributed by atoms with Gasteiger partial charge in [0.2, 0.25) is 0 Å². The van der Waals surface area contributed by atoms with Crippen molar-refractivity contribution in [3.05, 3.63) is 108 Å². The molecule has 0 saturated heterocycles. The molecular weight excluding hydrogens is 727 g/mol. The number of hydrogen-bond donors (Lipinski definition) is 2. The van der Waals surface area contributed by atoms with E-state index >= 15 is 0 Å². The molecule has 0 radical (unpaired) electrons. The summed E-state index contributed by atoms with van der Waals surface area (Å²) in [7, 11) is 1.27. The summed E-state index contributed by atoms with van der Waals surface area (Å²) in [6.07, 6.45) is 0. The lowest BCUT2D eigenvalue weighted by atomic mass is 9.80. The summed E-state index contributed by atoms with van der Waals surface area (Å²) in [5, 5.41) is 17.0. The van der Waals surface area contributed by atoms with Gasteiger partial charge in [-0.25, -0.2) is 17.6 Å². The van der Waals surface area contributed by atoms with Gasteiger partial charge in [-0.15, -0.1) is 0 Å². The molecule has 0 bridgehead atoms. The van der Waals surface area contributed by atoms with E-state index in [4.69, 9.17) is 19.5 Å². The average molecular weight is 751 g/mol. The average Bonchev–Trinajstić information content (AvgIpc) is 2.84. The zero-order valence-corrected chi connectivity index (χ0v) is 26.5. The number of halogens is 7. The van der Waals surface area contributed by atoms with Gasteiger partial charge < -0.3 is 19.5 Å². The van der Waals surface area contributed by atoms with Gasteiger partial charge in [-0.05, 0) is 115 Å². The Morgan fingerprint density at radius 2 is 1.05 bits per heavy atom. The molecule has 0 atom stereocenters. The molecular formula is C28H24BBr3F4O4.